The van der Waals surface area contributed by atoms with Crippen LogP contribution in [0.15, 0.2) is 53.6 Å². The number of anilines is 1. The number of sulfonamides is 1. The Morgan fingerprint density at radius 2 is 2.04 bits per heavy atom. The van der Waals surface area contributed by atoms with E-state index < -0.39 is 10.0 Å². The van der Waals surface area contributed by atoms with Crippen LogP contribution in [0.2, 0.25) is 0 Å². The molecule has 0 saturated carbocycles. The lowest BCUT2D eigenvalue weighted by Gasteiger charge is -2.17. The Labute approximate surface area is 135 Å². The third-order valence-electron chi connectivity index (χ3n) is 3.77. The van der Waals surface area contributed by atoms with E-state index >= 15 is 0 Å². The molecule has 6 nitrogen and oxygen atoms in total. The van der Waals surface area contributed by atoms with E-state index in [4.69, 9.17) is 5.26 Å². The monoisotopic (exact) mass is 328 g/mol. The van der Waals surface area contributed by atoms with Gasteiger partial charge >= 0.3 is 0 Å². The van der Waals surface area contributed by atoms with Crippen LogP contribution in [0.5, 0.6) is 0 Å². The van der Waals surface area contributed by atoms with E-state index in [2.05, 4.69) is 16.4 Å². The Morgan fingerprint density at radius 1 is 1.26 bits per heavy atom. The predicted molar refractivity (Wildman–Crippen MR) is 86.2 cm³/mol. The minimum absolute atomic E-state index is 0.0186. The van der Waals surface area contributed by atoms with Crippen LogP contribution < -0.4 is 5.32 Å². The number of nitrogens with zero attached hydrogens (tertiary/aromatic N) is 3. The topological polar surface area (TPSA) is 86.1 Å². The zero-order valence-electron chi connectivity index (χ0n) is 12.4. The van der Waals surface area contributed by atoms with Gasteiger partial charge in [0.25, 0.3) is 0 Å². The molecule has 1 aliphatic heterocycles. The molecule has 0 aliphatic carbocycles. The molecule has 0 bridgehead atoms. The highest BCUT2D eigenvalue weighted by Gasteiger charge is 2.32. The molecule has 1 aromatic carbocycles. The molecule has 7 heteroatoms. The van der Waals surface area contributed by atoms with Crippen LogP contribution in [0.3, 0.4) is 0 Å². The van der Waals surface area contributed by atoms with Gasteiger partial charge in [0.15, 0.2) is 0 Å². The van der Waals surface area contributed by atoms with Crippen LogP contribution in [-0.4, -0.2) is 36.8 Å². The standard InChI is InChI=1S/C16H16N4O2S/c17-11-13-6-8-18-16(10-13)19-14-7-9-20(12-14)23(21,22)15-4-2-1-3-5-15/h1-6,8,10,14H,7,9,12H2,(H,18,19)/t14-/m0/s1. The molecule has 2 heterocycles. The molecule has 1 atom stereocenters. The molecular formula is C16H16N4O2S. The molecular weight excluding hydrogens is 312 g/mol. The van der Waals surface area contributed by atoms with Crippen molar-refractivity contribution in [3.05, 3.63) is 54.2 Å². The molecule has 0 unspecified atom stereocenters. The third kappa shape index (κ3) is 3.33. The summed E-state index contributed by atoms with van der Waals surface area (Å²) in [6, 6.07) is 13.8. The lowest BCUT2D eigenvalue weighted by molar-refractivity contribution is 0.474. The molecule has 118 valence electrons. The summed E-state index contributed by atoms with van der Waals surface area (Å²) in [5.41, 5.74) is 0.522. The van der Waals surface area contributed by atoms with Gasteiger partial charge in [-0.25, -0.2) is 13.4 Å². The number of benzene rings is 1. The summed E-state index contributed by atoms with van der Waals surface area (Å²) in [5.74, 6) is 0.591. The molecule has 1 fully saturated rings. The molecule has 3 rings (SSSR count). The van der Waals surface area contributed by atoms with Crippen molar-refractivity contribution in [3.8, 4) is 6.07 Å². The maximum atomic E-state index is 12.6. The highest BCUT2D eigenvalue weighted by Crippen LogP contribution is 2.22. The van der Waals surface area contributed by atoms with E-state index in [0.717, 1.165) is 0 Å². The van der Waals surface area contributed by atoms with Crippen LogP contribution in [0.25, 0.3) is 0 Å². The van der Waals surface area contributed by atoms with Crippen molar-refractivity contribution >= 4 is 15.8 Å². The van der Waals surface area contributed by atoms with E-state index in [1.165, 1.54) is 4.31 Å². The largest absolute Gasteiger partial charge is 0.366 e. The van der Waals surface area contributed by atoms with Gasteiger partial charge in [-0.2, -0.15) is 9.57 Å². The number of pyridine rings is 1. The molecule has 0 amide bonds. The first-order valence-corrected chi connectivity index (χ1v) is 8.71. The van der Waals surface area contributed by atoms with E-state index in [1.54, 1.807) is 48.7 Å². The molecule has 1 saturated heterocycles. The van der Waals surface area contributed by atoms with Gasteiger partial charge < -0.3 is 5.32 Å². The highest BCUT2D eigenvalue weighted by atomic mass is 32.2. The van der Waals surface area contributed by atoms with Crippen LogP contribution in [-0.2, 0) is 10.0 Å². The van der Waals surface area contributed by atoms with Gasteiger partial charge in [-0.05, 0) is 30.7 Å². The van der Waals surface area contributed by atoms with E-state index in [-0.39, 0.29) is 6.04 Å². The summed E-state index contributed by atoms with van der Waals surface area (Å²) in [6.45, 7) is 0.850. The molecule has 0 spiro atoms. The van der Waals surface area contributed by atoms with Gasteiger partial charge in [0, 0.05) is 25.3 Å². The van der Waals surface area contributed by atoms with Crippen molar-refractivity contribution in [2.45, 2.75) is 17.4 Å². The van der Waals surface area contributed by atoms with Crippen molar-refractivity contribution in [2.75, 3.05) is 18.4 Å². The molecule has 1 N–H and O–H groups in total. The summed E-state index contributed by atoms with van der Waals surface area (Å²) < 4.78 is 26.6. The number of nitriles is 1. The molecule has 0 radical (unpaired) electrons. The maximum absolute atomic E-state index is 12.6. The zero-order valence-corrected chi connectivity index (χ0v) is 13.2. The van der Waals surface area contributed by atoms with E-state index in [9.17, 15) is 8.42 Å². The Kier molecular flexibility index (Phi) is 4.28. The van der Waals surface area contributed by atoms with Crippen LogP contribution in [0, 0.1) is 11.3 Å². The second-order valence-electron chi connectivity index (χ2n) is 5.35. The van der Waals surface area contributed by atoms with Gasteiger partial charge in [0.05, 0.1) is 16.5 Å². The van der Waals surface area contributed by atoms with E-state index in [0.29, 0.717) is 35.8 Å². The summed E-state index contributed by atoms with van der Waals surface area (Å²) in [5, 5.41) is 12.1. The lowest BCUT2D eigenvalue weighted by Crippen LogP contribution is -2.31. The number of hydrogen-bond donors (Lipinski definition) is 1. The zero-order chi connectivity index (χ0) is 16.3. The lowest BCUT2D eigenvalue weighted by atomic mass is 10.2. The average Bonchev–Trinajstić information content (AvgIpc) is 3.05. The normalized spacial score (nSPS) is 18.5. The Morgan fingerprint density at radius 3 is 2.78 bits per heavy atom. The molecule has 2 aromatic rings. The van der Waals surface area contributed by atoms with Gasteiger partial charge in [0.1, 0.15) is 5.82 Å². The van der Waals surface area contributed by atoms with Crippen LogP contribution >= 0.6 is 0 Å². The third-order valence-corrected chi connectivity index (χ3v) is 5.65. The van der Waals surface area contributed by atoms with Gasteiger partial charge in [-0.15, -0.1) is 0 Å². The smallest absolute Gasteiger partial charge is 0.243 e. The number of aromatic nitrogens is 1. The first-order valence-electron chi connectivity index (χ1n) is 7.27. The van der Waals surface area contributed by atoms with E-state index in [1.807, 2.05) is 0 Å². The van der Waals surface area contributed by atoms with Crippen molar-refractivity contribution in [3.63, 3.8) is 0 Å². The molecule has 1 aromatic heterocycles. The van der Waals surface area contributed by atoms with Gasteiger partial charge in [0.2, 0.25) is 10.0 Å². The summed E-state index contributed by atoms with van der Waals surface area (Å²) in [7, 11) is -3.46. The van der Waals surface area contributed by atoms with Crippen LogP contribution in [0.4, 0.5) is 5.82 Å². The fourth-order valence-electron chi connectivity index (χ4n) is 2.59. The molecule has 1 aliphatic rings. The minimum atomic E-state index is -3.46. The fourth-order valence-corrected chi connectivity index (χ4v) is 4.12. The highest BCUT2D eigenvalue weighted by molar-refractivity contribution is 7.89. The van der Waals surface area contributed by atoms with Crippen LogP contribution in [0.1, 0.15) is 12.0 Å². The Hall–Kier alpha value is -2.43. The van der Waals surface area contributed by atoms with Gasteiger partial charge in [-0.1, -0.05) is 18.2 Å². The predicted octanol–water partition coefficient (Wildman–Crippen LogP) is 1.83. The first-order chi connectivity index (χ1) is 11.1. The first kappa shape index (κ1) is 15.5. The Bertz CT molecular complexity index is 831. The number of rotatable bonds is 4. The van der Waals surface area contributed by atoms with Crippen molar-refractivity contribution in [2.24, 2.45) is 0 Å². The average molecular weight is 328 g/mol. The second kappa shape index (κ2) is 6.36. The van der Waals surface area contributed by atoms with Gasteiger partial charge in [-0.3, -0.25) is 0 Å². The quantitative estimate of drug-likeness (QED) is 0.925. The second-order valence-corrected chi connectivity index (χ2v) is 7.29. The maximum Gasteiger partial charge on any atom is 0.243 e. The summed E-state index contributed by atoms with van der Waals surface area (Å²) >= 11 is 0. The van der Waals surface area contributed by atoms with Crippen molar-refractivity contribution < 1.29 is 8.42 Å². The summed E-state index contributed by atoms with van der Waals surface area (Å²) in [4.78, 5) is 4.48. The number of hydrogen-bond acceptors (Lipinski definition) is 5. The minimum Gasteiger partial charge on any atom is -0.366 e. The Balaban J connectivity index is 1.70. The van der Waals surface area contributed by atoms with Crippen molar-refractivity contribution in [1.82, 2.24) is 9.29 Å². The fraction of sp³-hybridized carbons (Fsp3) is 0.250. The molecule has 23 heavy (non-hydrogen) atoms. The van der Waals surface area contributed by atoms with Crippen molar-refractivity contribution in [1.29, 1.82) is 5.26 Å². The summed E-state index contributed by atoms with van der Waals surface area (Å²) in [6.07, 6.45) is 2.26. The number of nitrogens with one attached hydrogen (secondary N) is 1. The SMILES string of the molecule is N#Cc1ccnc(N[C@H]2CCN(S(=O)(=O)c3ccccc3)C2)c1.